The van der Waals surface area contributed by atoms with E-state index in [1.807, 2.05) is 19.1 Å². The summed E-state index contributed by atoms with van der Waals surface area (Å²) in [6.07, 6.45) is 4.94. The average molecular weight is 221 g/mol. The van der Waals surface area contributed by atoms with Crippen molar-refractivity contribution in [1.82, 2.24) is 9.97 Å². The molecule has 2 aromatic rings. The Bertz CT molecular complexity index is 411. The molecule has 15 heavy (non-hydrogen) atoms. The Hall–Kier alpha value is -1.33. The first kappa shape index (κ1) is 10.2. The second-order valence-electron chi connectivity index (χ2n) is 3.11. The lowest BCUT2D eigenvalue weighted by molar-refractivity contribution is 0.454. The zero-order valence-electron chi connectivity index (χ0n) is 8.25. The fraction of sp³-hybridized carbons (Fsp3) is 0.200. The van der Waals surface area contributed by atoms with Crippen LogP contribution in [0.2, 0.25) is 0 Å². The van der Waals surface area contributed by atoms with Crippen molar-refractivity contribution in [3.05, 3.63) is 36.5 Å². The lowest BCUT2D eigenvalue weighted by Crippen LogP contribution is -2.06. The minimum Gasteiger partial charge on any atom is -0.440 e. The van der Waals surface area contributed by atoms with Crippen LogP contribution in [-0.4, -0.2) is 9.97 Å². The highest BCUT2D eigenvalue weighted by molar-refractivity contribution is 7.99. The van der Waals surface area contributed by atoms with Crippen LogP contribution in [0.25, 0.3) is 0 Å². The highest BCUT2D eigenvalue weighted by atomic mass is 32.2. The maximum atomic E-state index is 5.70. The van der Waals surface area contributed by atoms with E-state index in [1.165, 1.54) is 11.8 Å². The van der Waals surface area contributed by atoms with E-state index in [9.17, 15) is 0 Å². The van der Waals surface area contributed by atoms with Crippen LogP contribution in [-0.2, 0) is 0 Å². The smallest absolute Gasteiger partial charge is 0.260 e. The molecule has 0 aliphatic heterocycles. The van der Waals surface area contributed by atoms with E-state index in [-0.39, 0.29) is 6.04 Å². The van der Waals surface area contributed by atoms with Gasteiger partial charge in [-0.05, 0) is 30.8 Å². The number of hydrogen-bond donors (Lipinski definition) is 1. The molecule has 0 aliphatic rings. The quantitative estimate of drug-likeness (QED) is 0.861. The van der Waals surface area contributed by atoms with Crippen molar-refractivity contribution in [2.75, 3.05) is 0 Å². The van der Waals surface area contributed by atoms with E-state index in [4.69, 9.17) is 10.2 Å². The minimum atomic E-state index is -0.0363. The molecule has 5 heteroatoms. The first-order valence-corrected chi connectivity index (χ1v) is 5.36. The molecule has 2 aromatic heterocycles. The van der Waals surface area contributed by atoms with Gasteiger partial charge in [0, 0.05) is 17.1 Å². The summed E-state index contributed by atoms with van der Waals surface area (Å²) in [4.78, 5) is 9.24. The maximum Gasteiger partial charge on any atom is 0.260 e. The second-order valence-corrected chi connectivity index (χ2v) is 4.13. The Morgan fingerprint density at radius 2 is 2.27 bits per heavy atom. The molecule has 0 saturated heterocycles. The maximum absolute atomic E-state index is 5.70. The van der Waals surface area contributed by atoms with Gasteiger partial charge in [0.25, 0.3) is 5.22 Å². The van der Waals surface area contributed by atoms with Gasteiger partial charge in [0.05, 0.1) is 11.9 Å². The van der Waals surface area contributed by atoms with E-state index >= 15 is 0 Å². The zero-order chi connectivity index (χ0) is 10.7. The lowest BCUT2D eigenvalue weighted by atomic mass is 10.2. The molecule has 0 amide bonds. The summed E-state index contributed by atoms with van der Waals surface area (Å²) in [7, 11) is 0. The Labute approximate surface area is 91.9 Å². The van der Waals surface area contributed by atoms with Crippen molar-refractivity contribution < 1.29 is 4.42 Å². The van der Waals surface area contributed by atoms with Gasteiger partial charge in [-0.2, -0.15) is 0 Å². The van der Waals surface area contributed by atoms with Crippen molar-refractivity contribution in [2.24, 2.45) is 5.73 Å². The highest BCUT2D eigenvalue weighted by Gasteiger charge is 2.04. The molecule has 2 heterocycles. The topological polar surface area (TPSA) is 64.9 Å². The number of aromatic nitrogens is 2. The van der Waals surface area contributed by atoms with Gasteiger partial charge in [0.1, 0.15) is 6.26 Å². The van der Waals surface area contributed by atoms with Crippen LogP contribution in [0.15, 0.2) is 45.3 Å². The van der Waals surface area contributed by atoms with Crippen LogP contribution in [0.5, 0.6) is 0 Å². The molecular formula is C10H11N3OS. The van der Waals surface area contributed by atoms with Crippen molar-refractivity contribution in [3.8, 4) is 0 Å². The molecule has 4 nitrogen and oxygen atoms in total. The van der Waals surface area contributed by atoms with E-state index in [2.05, 4.69) is 9.97 Å². The Balaban J connectivity index is 2.11. The first-order valence-electron chi connectivity index (χ1n) is 4.54. The standard InChI is InChI=1S/C10H11N3OS/c1-7(11)9-3-2-8(6-13-9)15-10-12-4-5-14-10/h2-7H,11H2,1H3/t7-/m1/s1. The van der Waals surface area contributed by atoms with E-state index in [0.717, 1.165) is 10.6 Å². The highest BCUT2D eigenvalue weighted by Crippen LogP contribution is 2.25. The van der Waals surface area contributed by atoms with Crippen molar-refractivity contribution in [2.45, 2.75) is 23.1 Å². The molecule has 0 bridgehead atoms. The normalized spacial score (nSPS) is 12.7. The molecule has 0 unspecified atom stereocenters. The first-order chi connectivity index (χ1) is 7.25. The molecule has 0 fully saturated rings. The second kappa shape index (κ2) is 4.46. The van der Waals surface area contributed by atoms with Crippen LogP contribution >= 0.6 is 11.8 Å². The van der Waals surface area contributed by atoms with Gasteiger partial charge >= 0.3 is 0 Å². The number of nitrogens with two attached hydrogens (primary N) is 1. The predicted octanol–water partition coefficient (Wildman–Crippen LogP) is 2.24. The van der Waals surface area contributed by atoms with Gasteiger partial charge in [-0.25, -0.2) is 4.98 Å². The summed E-state index contributed by atoms with van der Waals surface area (Å²) in [5.74, 6) is 0. The van der Waals surface area contributed by atoms with Crippen molar-refractivity contribution in [3.63, 3.8) is 0 Å². The summed E-state index contributed by atoms with van der Waals surface area (Å²) in [5, 5.41) is 0.616. The van der Waals surface area contributed by atoms with Gasteiger partial charge in [-0.1, -0.05) is 0 Å². The van der Waals surface area contributed by atoms with E-state index < -0.39 is 0 Å². The fourth-order valence-electron chi connectivity index (χ4n) is 1.08. The molecule has 0 aromatic carbocycles. The molecule has 0 aliphatic carbocycles. The van der Waals surface area contributed by atoms with Crippen LogP contribution in [0, 0.1) is 0 Å². The van der Waals surface area contributed by atoms with Crippen LogP contribution in [0.4, 0.5) is 0 Å². The number of pyridine rings is 1. The Morgan fingerprint density at radius 1 is 1.40 bits per heavy atom. The number of hydrogen-bond acceptors (Lipinski definition) is 5. The summed E-state index contributed by atoms with van der Waals surface area (Å²) in [5.41, 5.74) is 6.58. The van der Waals surface area contributed by atoms with Gasteiger partial charge in [0.15, 0.2) is 0 Å². The van der Waals surface area contributed by atoms with Crippen LogP contribution < -0.4 is 5.73 Å². The van der Waals surface area contributed by atoms with E-state index in [0.29, 0.717) is 5.22 Å². The summed E-state index contributed by atoms with van der Waals surface area (Å²) >= 11 is 1.43. The van der Waals surface area contributed by atoms with Gasteiger partial charge in [-0.3, -0.25) is 4.98 Å². The third kappa shape index (κ3) is 2.57. The lowest BCUT2D eigenvalue weighted by Gasteiger charge is -2.04. The average Bonchev–Trinajstić information content (AvgIpc) is 2.71. The Kier molecular flexibility index (Phi) is 3.03. The molecule has 0 radical (unpaired) electrons. The molecule has 2 N–H and O–H groups in total. The third-order valence-corrected chi connectivity index (χ3v) is 2.69. The van der Waals surface area contributed by atoms with E-state index in [1.54, 1.807) is 18.7 Å². The fourth-order valence-corrected chi connectivity index (χ4v) is 1.74. The predicted molar refractivity (Wildman–Crippen MR) is 57.5 cm³/mol. The largest absolute Gasteiger partial charge is 0.440 e. The van der Waals surface area contributed by atoms with Gasteiger partial charge in [0.2, 0.25) is 0 Å². The molecule has 0 saturated carbocycles. The Morgan fingerprint density at radius 3 is 2.80 bits per heavy atom. The number of rotatable bonds is 3. The molecule has 1 atom stereocenters. The van der Waals surface area contributed by atoms with Crippen LogP contribution in [0.1, 0.15) is 18.7 Å². The molecular weight excluding hydrogens is 210 g/mol. The van der Waals surface area contributed by atoms with Crippen molar-refractivity contribution in [1.29, 1.82) is 0 Å². The zero-order valence-corrected chi connectivity index (χ0v) is 9.07. The monoisotopic (exact) mass is 221 g/mol. The van der Waals surface area contributed by atoms with Gasteiger partial charge < -0.3 is 10.2 Å². The number of nitrogens with zero attached hydrogens (tertiary/aromatic N) is 2. The molecule has 0 spiro atoms. The number of oxazole rings is 1. The van der Waals surface area contributed by atoms with Crippen molar-refractivity contribution >= 4 is 11.8 Å². The SMILES string of the molecule is C[C@@H](N)c1ccc(Sc2ncco2)cn1. The third-order valence-electron chi connectivity index (χ3n) is 1.84. The summed E-state index contributed by atoms with van der Waals surface area (Å²) in [6.45, 7) is 1.91. The summed E-state index contributed by atoms with van der Waals surface area (Å²) < 4.78 is 5.11. The molecule has 78 valence electrons. The minimum absolute atomic E-state index is 0.0363. The van der Waals surface area contributed by atoms with Crippen LogP contribution in [0.3, 0.4) is 0 Å². The van der Waals surface area contributed by atoms with Gasteiger partial charge in [-0.15, -0.1) is 0 Å². The molecule has 2 rings (SSSR count). The summed E-state index contributed by atoms with van der Waals surface area (Å²) in [6, 6.07) is 3.84.